The van der Waals surface area contributed by atoms with Crippen molar-refractivity contribution in [2.75, 3.05) is 13.7 Å². The van der Waals surface area contributed by atoms with E-state index in [1.807, 2.05) is 13.0 Å². The minimum absolute atomic E-state index is 0.210. The molecule has 0 amide bonds. The van der Waals surface area contributed by atoms with Gasteiger partial charge in [0.15, 0.2) is 0 Å². The van der Waals surface area contributed by atoms with Crippen molar-refractivity contribution in [3.63, 3.8) is 0 Å². The Morgan fingerprint density at radius 1 is 1.60 bits per heavy atom. The van der Waals surface area contributed by atoms with Crippen LogP contribution in [-0.2, 0) is 9.53 Å². The van der Waals surface area contributed by atoms with Crippen molar-refractivity contribution in [2.24, 2.45) is 5.92 Å². The highest BCUT2D eigenvalue weighted by Crippen LogP contribution is 2.32. The summed E-state index contributed by atoms with van der Waals surface area (Å²) < 4.78 is 4.69. The molecule has 0 radical (unpaired) electrons. The van der Waals surface area contributed by atoms with Crippen molar-refractivity contribution >= 4 is 5.97 Å². The number of rotatable bonds is 6. The molecule has 3 heteroatoms. The normalized spacial score (nSPS) is 18.7. The summed E-state index contributed by atoms with van der Waals surface area (Å²) in [6, 6.07) is 0.567. The van der Waals surface area contributed by atoms with E-state index in [2.05, 4.69) is 17.0 Å². The van der Waals surface area contributed by atoms with Gasteiger partial charge in [-0.25, -0.2) is 4.79 Å². The van der Waals surface area contributed by atoms with Crippen LogP contribution in [0.25, 0.3) is 0 Å². The second kappa shape index (κ2) is 5.91. The first-order valence-corrected chi connectivity index (χ1v) is 5.69. The molecule has 0 bridgehead atoms. The maximum Gasteiger partial charge on any atom is 0.333 e. The third-order valence-corrected chi connectivity index (χ3v) is 2.95. The zero-order valence-electron chi connectivity index (χ0n) is 9.88. The summed E-state index contributed by atoms with van der Waals surface area (Å²) in [5.41, 5.74) is 0.757. The number of carbonyl (C=O) groups is 1. The van der Waals surface area contributed by atoms with Crippen molar-refractivity contribution < 1.29 is 9.53 Å². The molecule has 1 atom stereocenters. The summed E-state index contributed by atoms with van der Waals surface area (Å²) >= 11 is 0. The van der Waals surface area contributed by atoms with Crippen molar-refractivity contribution in [3.8, 4) is 0 Å². The van der Waals surface area contributed by atoms with E-state index in [0.717, 1.165) is 24.5 Å². The van der Waals surface area contributed by atoms with Crippen LogP contribution in [0.15, 0.2) is 11.6 Å². The molecule has 1 unspecified atom stereocenters. The minimum Gasteiger partial charge on any atom is -0.466 e. The number of methoxy groups -OCH3 is 1. The van der Waals surface area contributed by atoms with Crippen LogP contribution in [0.3, 0.4) is 0 Å². The van der Waals surface area contributed by atoms with E-state index < -0.39 is 0 Å². The molecule has 1 N–H and O–H groups in total. The Morgan fingerprint density at radius 3 is 2.73 bits per heavy atom. The van der Waals surface area contributed by atoms with Crippen LogP contribution in [0.5, 0.6) is 0 Å². The van der Waals surface area contributed by atoms with Gasteiger partial charge in [-0.3, -0.25) is 0 Å². The van der Waals surface area contributed by atoms with Gasteiger partial charge in [-0.1, -0.05) is 13.0 Å². The highest BCUT2D eigenvalue weighted by molar-refractivity contribution is 5.88. The maximum absolute atomic E-state index is 11.2. The van der Waals surface area contributed by atoms with Gasteiger partial charge in [0, 0.05) is 18.2 Å². The van der Waals surface area contributed by atoms with Gasteiger partial charge in [0.25, 0.3) is 0 Å². The lowest BCUT2D eigenvalue weighted by Crippen LogP contribution is -2.28. The number of ether oxygens (including phenoxy) is 1. The van der Waals surface area contributed by atoms with Crippen molar-refractivity contribution in [1.29, 1.82) is 0 Å². The Bertz CT molecular complexity index is 244. The topological polar surface area (TPSA) is 38.3 Å². The molecule has 15 heavy (non-hydrogen) atoms. The Morgan fingerprint density at radius 2 is 2.27 bits per heavy atom. The summed E-state index contributed by atoms with van der Waals surface area (Å²) in [7, 11) is 1.42. The maximum atomic E-state index is 11.2. The molecule has 0 heterocycles. The fraction of sp³-hybridized carbons (Fsp3) is 0.750. The van der Waals surface area contributed by atoms with Crippen LogP contribution in [-0.4, -0.2) is 25.7 Å². The van der Waals surface area contributed by atoms with Crippen LogP contribution in [0, 0.1) is 5.92 Å². The first-order chi connectivity index (χ1) is 7.19. The summed E-state index contributed by atoms with van der Waals surface area (Å²) in [6.45, 7) is 4.93. The van der Waals surface area contributed by atoms with E-state index in [1.165, 1.54) is 20.0 Å². The molecule has 3 nitrogen and oxygen atoms in total. The highest BCUT2D eigenvalue weighted by Gasteiger charge is 2.27. The number of hydrogen-bond donors (Lipinski definition) is 1. The number of esters is 1. The Kier molecular flexibility index (Phi) is 4.82. The molecule has 0 spiro atoms. The van der Waals surface area contributed by atoms with E-state index >= 15 is 0 Å². The molecular formula is C12H21NO2. The molecule has 0 aromatic heterocycles. The highest BCUT2D eigenvalue weighted by atomic mass is 16.5. The van der Waals surface area contributed by atoms with Gasteiger partial charge in [0.1, 0.15) is 0 Å². The fourth-order valence-corrected chi connectivity index (χ4v) is 1.63. The van der Waals surface area contributed by atoms with Gasteiger partial charge < -0.3 is 10.1 Å². The Labute approximate surface area is 91.9 Å². The average molecular weight is 211 g/mol. The van der Waals surface area contributed by atoms with E-state index in [1.54, 1.807) is 0 Å². The molecule has 0 aromatic rings. The quantitative estimate of drug-likeness (QED) is 0.538. The first-order valence-electron chi connectivity index (χ1n) is 5.69. The monoisotopic (exact) mass is 211 g/mol. The second-order valence-electron chi connectivity index (χ2n) is 4.11. The predicted molar refractivity (Wildman–Crippen MR) is 60.6 cm³/mol. The number of nitrogens with one attached hydrogen (secondary N) is 1. The zero-order chi connectivity index (χ0) is 11.3. The van der Waals surface area contributed by atoms with Gasteiger partial charge in [-0.15, -0.1) is 0 Å². The summed E-state index contributed by atoms with van der Waals surface area (Å²) in [5, 5.41) is 3.40. The molecule has 86 valence electrons. The summed E-state index contributed by atoms with van der Waals surface area (Å²) in [5.74, 6) is 0.639. The second-order valence-corrected chi connectivity index (χ2v) is 4.11. The molecule has 1 rings (SSSR count). The molecule has 1 fully saturated rings. The summed E-state index contributed by atoms with van der Waals surface area (Å²) in [4.78, 5) is 11.2. The van der Waals surface area contributed by atoms with Crippen LogP contribution in [0.2, 0.25) is 0 Å². The van der Waals surface area contributed by atoms with Gasteiger partial charge in [-0.2, -0.15) is 0 Å². The Hall–Kier alpha value is -0.830. The SMILES string of the molecule is CCC(=CCNC(C)C1CC1)C(=O)OC. The lowest BCUT2D eigenvalue weighted by molar-refractivity contribution is -0.136. The van der Waals surface area contributed by atoms with Crippen molar-refractivity contribution in [3.05, 3.63) is 11.6 Å². The lowest BCUT2D eigenvalue weighted by atomic mass is 10.2. The first kappa shape index (κ1) is 12.2. The molecule has 1 saturated carbocycles. The molecular weight excluding hydrogens is 190 g/mol. The van der Waals surface area contributed by atoms with E-state index in [4.69, 9.17) is 0 Å². The third kappa shape index (κ3) is 4.04. The molecule has 0 aromatic carbocycles. The standard InChI is InChI=1S/C12H21NO2/c1-4-10(12(14)15-3)7-8-13-9(2)11-5-6-11/h7,9,11,13H,4-6,8H2,1-3H3. The third-order valence-electron chi connectivity index (χ3n) is 2.95. The van der Waals surface area contributed by atoms with Gasteiger partial charge in [0.2, 0.25) is 0 Å². The molecule has 1 aliphatic carbocycles. The Balaban J connectivity index is 2.29. The van der Waals surface area contributed by atoms with Gasteiger partial charge in [0.05, 0.1) is 7.11 Å². The average Bonchev–Trinajstić information content (AvgIpc) is 3.06. The molecule has 0 saturated heterocycles. The van der Waals surface area contributed by atoms with Crippen LogP contribution in [0.1, 0.15) is 33.1 Å². The van der Waals surface area contributed by atoms with E-state index in [9.17, 15) is 4.79 Å². The number of carbonyl (C=O) groups excluding carboxylic acids is 1. The van der Waals surface area contributed by atoms with Crippen LogP contribution < -0.4 is 5.32 Å². The smallest absolute Gasteiger partial charge is 0.333 e. The molecule has 1 aliphatic rings. The summed E-state index contributed by atoms with van der Waals surface area (Å²) in [6.07, 6.45) is 5.35. The minimum atomic E-state index is -0.210. The largest absolute Gasteiger partial charge is 0.466 e. The van der Waals surface area contributed by atoms with Gasteiger partial charge >= 0.3 is 5.97 Å². The van der Waals surface area contributed by atoms with Crippen LogP contribution in [0.4, 0.5) is 0 Å². The zero-order valence-corrected chi connectivity index (χ0v) is 9.88. The van der Waals surface area contributed by atoms with Crippen molar-refractivity contribution in [1.82, 2.24) is 5.32 Å². The van der Waals surface area contributed by atoms with Crippen molar-refractivity contribution in [2.45, 2.75) is 39.2 Å². The fourth-order valence-electron chi connectivity index (χ4n) is 1.63. The number of hydrogen-bond acceptors (Lipinski definition) is 3. The van der Waals surface area contributed by atoms with Gasteiger partial charge in [-0.05, 0) is 32.1 Å². The predicted octanol–water partition coefficient (Wildman–Crippen LogP) is 1.88. The van der Waals surface area contributed by atoms with E-state index in [0.29, 0.717) is 6.04 Å². The lowest BCUT2D eigenvalue weighted by Gasteiger charge is -2.10. The molecule has 0 aliphatic heterocycles. The van der Waals surface area contributed by atoms with Crippen LogP contribution >= 0.6 is 0 Å². The van der Waals surface area contributed by atoms with E-state index in [-0.39, 0.29) is 5.97 Å².